The Hall–Kier alpha value is -1.79. The van der Waals surface area contributed by atoms with Gasteiger partial charge in [-0.25, -0.2) is 0 Å². The molecule has 0 saturated carbocycles. The van der Waals surface area contributed by atoms with Gasteiger partial charge in [0.05, 0.1) is 0 Å². The van der Waals surface area contributed by atoms with Crippen LogP contribution in [0.2, 0.25) is 0 Å². The van der Waals surface area contributed by atoms with E-state index < -0.39 is 17.5 Å². The van der Waals surface area contributed by atoms with Crippen LogP contribution in [0.25, 0.3) is 0 Å². The fraction of sp³-hybridized carbons (Fsp3) is 0.455. The van der Waals surface area contributed by atoms with Gasteiger partial charge >= 0.3 is 6.18 Å². The first-order valence-corrected chi connectivity index (χ1v) is 5.19. The van der Waals surface area contributed by atoms with Crippen molar-refractivity contribution in [2.45, 2.75) is 19.1 Å². The first kappa shape index (κ1) is 14.3. The highest BCUT2D eigenvalue weighted by Gasteiger charge is 2.39. The Morgan fingerprint density at radius 2 is 1.94 bits per heavy atom. The molecule has 1 aromatic heterocycles. The number of carbonyl (C=O) groups is 2. The first-order valence-electron chi connectivity index (χ1n) is 5.19. The molecule has 100 valence electrons. The molecule has 1 amide bonds. The van der Waals surface area contributed by atoms with Gasteiger partial charge in [-0.15, -0.1) is 0 Å². The van der Waals surface area contributed by atoms with Gasteiger partial charge < -0.3 is 9.47 Å². The lowest BCUT2D eigenvalue weighted by molar-refractivity contribution is -0.128. The predicted molar refractivity (Wildman–Crippen MR) is 58.1 cm³/mol. The topological polar surface area (TPSA) is 42.3 Å². The molecule has 0 spiro atoms. The maximum absolute atomic E-state index is 12.1. The van der Waals surface area contributed by atoms with Crippen LogP contribution in [-0.4, -0.2) is 41.4 Å². The summed E-state index contributed by atoms with van der Waals surface area (Å²) in [5.41, 5.74) is -0.417. The van der Waals surface area contributed by atoms with Crippen molar-refractivity contribution < 1.29 is 22.8 Å². The standard InChI is InChI=1S/C11H13F3N2O2/c1-15(2)9(17)4-6-16-5-3-8(7-16)10(18)11(12,13)14/h3,5,7H,4,6H2,1-2H3. The number of rotatable bonds is 4. The van der Waals surface area contributed by atoms with Crippen molar-refractivity contribution in [1.29, 1.82) is 0 Å². The number of hydrogen-bond acceptors (Lipinski definition) is 2. The summed E-state index contributed by atoms with van der Waals surface area (Å²) in [6.45, 7) is 0.238. The molecule has 0 aliphatic heterocycles. The van der Waals surface area contributed by atoms with E-state index in [0.717, 1.165) is 12.3 Å². The van der Waals surface area contributed by atoms with Crippen molar-refractivity contribution in [1.82, 2.24) is 9.47 Å². The summed E-state index contributed by atoms with van der Waals surface area (Å²) >= 11 is 0. The Bertz CT molecular complexity index is 449. The third-order valence-corrected chi connectivity index (χ3v) is 2.35. The molecule has 0 fully saturated rings. The lowest BCUT2D eigenvalue weighted by Gasteiger charge is -2.10. The van der Waals surface area contributed by atoms with Crippen LogP contribution in [0.1, 0.15) is 16.8 Å². The third-order valence-electron chi connectivity index (χ3n) is 2.35. The van der Waals surface area contributed by atoms with E-state index in [2.05, 4.69) is 0 Å². The zero-order chi connectivity index (χ0) is 13.9. The highest BCUT2D eigenvalue weighted by atomic mass is 19.4. The number of hydrogen-bond donors (Lipinski definition) is 0. The first-order chi connectivity index (χ1) is 8.21. The lowest BCUT2D eigenvalue weighted by atomic mass is 10.2. The summed E-state index contributed by atoms with van der Waals surface area (Å²) in [6, 6.07) is 1.09. The number of ketones is 1. The number of aryl methyl sites for hydroxylation is 1. The SMILES string of the molecule is CN(C)C(=O)CCn1ccc(C(=O)C(F)(F)F)c1. The zero-order valence-electron chi connectivity index (χ0n) is 9.99. The van der Waals surface area contributed by atoms with Crippen LogP contribution in [0.15, 0.2) is 18.5 Å². The molecular weight excluding hydrogens is 249 g/mol. The van der Waals surface area contributed by atoms with Crippen molar-refractivity contribution in [2.24, 2.45) is 0 Å². The number of Topliss-reactive ketones (excluding diaryl/α,β-unsaturated/α-hetero) is 1. The average molecular weight is 262 g/mol. The molecule has 0 N–H and O–H groups in total. The molecule has 0 aliphatic carbocycles. The van der Waals surface area contributed by atoms with Gasteiger partial charge in [0.1, 0.15) is 0 Å². The van der Waals surface area contributed by atoms with E-state index in [4.69, 9.17) is 0 Å². The quantitative estimate of drug-likeness (QED) is 0.775. The molecule has 1 heterocycles. The summed E-state index contributed by atoms with van der Waals surface area (Å²) in [5.74, 6) is -2.01. The summed E-state index contributed by atoms with van der Waals surface area (Å²) < 4.78 is 37.8. The van der Waals surface area contributed by atoms with Crippen molar-refractivity contribution >= 4 is 11.7 Å². The van der Waals surface area contributed by atoms with Crippen molar-refractivity contribution in [2.75, 3.05) is 14.1 Å². The van der Waals surface area contributed by atoms with Gasteiger partial charge in [-0.1, -0.05) is 0 Å². The van der Waals surface area contributed by atoms with Gasteiger partial charge in [0.2, 0.25) is 5.91 Å². The van der Waals surface area contributed by atoms with Crippen LogP contribution < -0.4 is 0 Å². The molecule has 0 radical (unpaired) electrons. The molecule has 4 nitrogen and oxygen atoms in total. The molecule has 1 rings (SSSR count). The highest BCUT2D eigenvalue weighted by Crippen LogP contribution is 2.21. The van der Waals surface area contributed by atoms with Gasteiger partial charge in [0, 0.05) is 45.0 Å². The van der Waals surface area contributed by atoms with Gasteiger partial charge in [0.15, 0.2) is 0 Å². The second-order valence-electron chi connectivity index (χ2n) is 4.00. The molecule has 1 aromatic rings. The molecule has 0 aliphatic rings. The molecule has 0 aromatic carbocycles. The molecule has 0 bridgehead atoms. The summed E-state index contributed by atoms with van der Waals surface area (Å²) in [4.78, 5) is 23.6. The summed E-state index contributed by atoms with van der Waals surface area (Å²) in [7, 11) is 3.19. The van der Waals surface area contributed by atoms with Crippen LogP contribution in [-0.2, 0) is 11.3 Å². The van der Waals surface area contributed by atoms with Crippen LogP contribution in [0.5, 0.6) is 0 Å². The minimum Gasteiger partial charge on any atom is -0.353 e. The third kappa shape index (κ3) is 3.61. The van der Waals surface area contributed by atoms with Gasteiger partial charge in [-0.05, 0) is 6.07 Å². The predicted octanol–water partition coefficient (Wildman–Crippen LogP) is 1.71. The summed E-state index contributed by atoms with van der Waals surface area (Å²) in [5, 5.41) is 0. The second-order valence-corrected chi connectivity index (χ2v) is 4.00. The number of aromatic nitrogens is 1. The van der Waals surface area contributed by atoms with E-state index >= 15 is 0 Å². The van der Waals surface area contributed by atoms with Crippen molar-refractivity contribution in [3.63, 3.8) is 0 Å². The number of carbonyl (C=O) groups excluding carboxylic acids is 2. The Morgan fingerprint density at radius 3 is 2.44 bits per heavy atom. The highest BCUT2D eigenvalue weighted by molar-refractivity contribution is 6.00. The number of alkyl halides is 3. The number of halogens is 3. The lowest BCUT2D eigenvalue weighted by Crippen LogP contribution is -2.23. The normalized spacial score (nSPS) is 11.4. The minimum atomic E-state index is -4.87. The number of amides is 1. The van der Waals surface area contributed by atoms with E-state index in [1.54, 1.807) is 14.1 Å². The monoisotopic (exact) mass is 262 g/mol. The largest absolute Gasteiger partial charge is 0.454 e. The van der Waals surface area contributed by atoms with Gasteiger partial charge in [0.25, 0.3) is 5.78 Å². The van der Waals surface area contributed by atoms with E-state index in [1.807, 2.05) is 0 Å². The van der Waals surface area contributed by atoms with E-state index in [0.29, 0.717) is 0 Å². The average Bonchev–Trinajstić information content (AvgIpc) is 2.71. The number of nitrogens with zero attached hydrogens (tertiary/aromatic N) is 2. The molecule has 0 unspecified atom stereocenters. The maximum Gasteiger partial charge on any atom is 0.454 e. The van der Waals surface area contributed by atoms with Gasteiger partial charge in [-0.2, -0.15) is 13.2 Å². The summed E-state index contributed by atoms with van der Waals surface area (Å²) in [6.07, 6.45) is -2.26. The van der Waals surface area contributed by atoms with Crippen LogP contribution in [0.3, 0.4) is 0 Å². The Labute approximate surface area is 102 Å². The fourth-order valence-electron chi connectivity index (χ4n) is 1.33. The second kappa shape index (κ2) is 5.24. The van der Waals surface area contributed by atoms with E-state index in [1.165, 1.54) is 15.7 Å². The molecule has 0 saturated heterocycles. The van der Waals surface area contributed by atoms with E-state index in [9.17, 15) is 22.8 Å². The Balaban J connectivity index is 2.65. The van der Waals surface area contributed by atoms with Crippen molar-refractivity contribution in [3.8, 4) is 0 Å². The van der Waals surface area contributed by atoms with Crippen LogP contribution >= 0.6 is 0 Å². The molecule has 0 atom stereocenters. The van der Waals surface area contributed by atoms with Crippen LogP contribution in [0.4, 0.5) is 13.2 Å². The van der Waals surface area contributed by atoms with Crippen LogP contribution in [0, 0.1) is 0 Å². The van der Waals surface area contributed by atoms with E-state index in [-0.39, 0.29) is 18.9 Å². The Morgan fingerprint density at radius 1 is 1.33 bits per heavy atom. The molecule has 7 heteroatoms. The molecular formula is C11H13F3N2O2. The zero-order valence-corrected chi connectivity index (χ0v) is 9.99. The van der Waals surface area contributed by atoms with Gasteiger partial charge in [-0.3, -0.25) is 9.59 Å². The maximum atomic E-state index is 12.1. The van der Waals surface area contributed by atoms with Crippen molar-refractivity contribution in [3.05, 3.63) is 24.0 Å². The smallest absolute Gasteiger partial charge is 0.353 e. The fourth-order valence-corrected chi connectivity index (χ4v) is 1.33. The molecule has 18 heavy (non-hydrogen) atoms. The Kier molecular flexibility index (Phi) is 4.15. The minimum absolute atomic E-state index is 0.132.